The third-order valence-corrected chi connectivity index (χ3v) is 4.15. The van der Waals surface area contributed by atoms with E-state index in [0.717, 1.165) is 11.1 Å². The van der Waals surface area contributed by atoms with Crippen LogP contribution in [0.3, 0.4) is 0 Å². The van der Waals surface area contributed by atoms with Crippen LogP contribution in [0.5, 0.6) is 11.5 Å². The summed E-state index contributed by atoms with van der Waals surface area (Å²) in [6.45, 7) is 0.382. The van der Waals surface area contributed by atoms with Crippen molar-refractivity contribution in [3.8, 4) is 22.8 Å². The fraction of sp³-hybridized carbons (Fsp3) is 0.238. The maximum absolute atomic E-state index is 12.1. The second-order valence-electron chi connectivity index (χ2n) is 5.94. The van der Waals surface area contributed by atoms with Gasteiger partial charge in [0.15, 0.2) is 11.7 Å². The average Bonchev–Trinajstić information content (AvgIpc) is 3.20. The number of carbonyl (C=O) groups excluding carboxylic acids is 1. The van der Waals surface area contributed by atoms with E-state index in [2.05, 4.69) is 10.3 Å². The van der Waals surface area contributed by atoms with Crippen LogP contribution in [0.4, 0.5) is 0 Å². The molecule has 0 unspecified atom stereocenters. The number of aromatic nitrogens is 1. The van der Waals surface area contributed by atoms with Crippen LogP contribution in [-0.4, -0.2) is 25.1 Å². The van der Waals surface area contributed by atoms with Crippen molar-refractivity contribution in [2.45, 2.75) is 19.4 Å². The number of hydrogen-bond acceptors (Lipinski definition) is 5. The van der Waals surface area contributed by atoms with Gasteiger partial charge in [0.25, 0.3) is 0 Å². The topological polar surface area (TPSA) is 73.6 Å². The molecule has 0 aliphatic carbocycles. The molecule has 6 heteroatoms. The summed E-state index contributed by atoms with van der Waals surface area (Å²) in [7, 11) is 3.19. The largest absolute Gasteiger partial charge is 0.497 e. The molecule has 0 fully saturated rings. The standard InChI is InChI=1S/C21H22N2O4/c1-25-17-9-8-16(18(12-17)26-2)13-22-20(24)10-11-21-23-14-19(27-21)15-6-4-3-5-7-15/h3-9,12,14H,10-11,13H2,1-2H3,(H,22,24). The average molecular weight is 366 g/mol. The van der Waals surface area contributed by atoms with Crippen molar-refractivity contribution >= 4 is 5.91 Å². The number of benzene rings is 2. The zero-order chi connectivity index (χ0) is 19.1. The lowest BCUT2D eigenvalue weighted by Crippen LogP contribution is -2.23. The Balaban J connectivity index is 1.51. The van der Waals surface area contributed by atoms with Crippen molar-refractivity contribution in [3.05, 3.63) is 66.2 Å². The molecule has 0 saturated carbocycles. The lowest BCUT2D eigenvalue weighted by atomic mass is 10.2. The van der Waals surface area contributed by atoms with Gasteiger partial charge in [-0.3, -0.25) is 4.79 Å². The first kappa shape index (κ1) is 18.5. The van der Waals surface area contributed by atoms with E-state index in [1.54, 1.807) is 26.5 Å². The summed E-state index contributed by atoms with van der Waals surface area (Å²) in [6.07, 6.45) is 2.43. The van der Waals surface area contributed by atoms with E-state index in [1.807, 2.05) is 42.5 Å². The summed E-state index contributed by atoms with van der Waals surface area (Å²) >= 11 is 0. The molecule has 6 nitrogen and oxygen atoms in total. The van der Waals surface area contributed by atoms with E-state index < -0.39 is 0 Å². The van der Waals surface area contributed by atoms with Crippen LogP contribution >= 0.6 is 0 Å². The van der Waals surface area contributed by atoms with Crippen LogP contribution in [0.25, 0.3) is 11.3 Å². The number of ether oxygens (including phenoxy) is 2. The third kappa shape index (κ3) is 4.88. The van der Waals surface area contributed by atoms with Crippen LogP contribution < -0.4 is 14.8 Å². The first-order valence-electron chi connectivity index (χ1n) is 8.67. The molecular formula is C21H22N2O4. The van der Waals surface area contributed by atoms with Gasteiger partial charge in [-0.2, -0.15) is 0 Å². The Morgan fingerprint density at radius 3 is 2.67 bits per heavy atom. The molecule has 0 spiro atoms. The molecule has 1 N–H and O–H groups in total. The normalized spacial score (nSPS) is 10.4. The Morgan fingerprint density at radius 2 is 1.93 bits per heavy atom. The monoisotopic (exact) mass is 366 g/mol. The maximum atomic E-state index is 12.1. The molecule has 0 bridgehead atoms. The third-order valence-electron chi connectivity index (χ3n) is 4.15. The second kappa shape index (κ2) is 8.89. The van der Waals surface area contributed by atoms with Gasteiger partial charge >= 0.3 is 0 Å². The zero-order valence-corrected chi connectivity index (χ0v) is 15.4. The number of hydrogen-bond donors (Lipinski definition) is 1. The Hall–Kier alpha value is -3.28. The summed E-state index contributed by atoms with van der Waals surface area (Å²) in [5, 5.41) is 2.89. The van der Waals surface area contributed by atoms with Gasteiger partial charge in [-0.15, -0.1) is 0 Å². The van der Waals surface area contributed by atoms with Gasteiger partial charge < -0.3 is 19.2 Å². The highest BCUT2D eigenvalue weighted by atomic mass is 16.5. The van der Waals surface area contributed by atoms with E-state index in [-0.39, 0.29) is 5.91 Å². The van der Waals surface area contributed by atoms with Crippen molar-refractivity contribution in [2.75, 3.05) is 14.2 Å². The zero-order valence-electron chi connectivity index (χ0n) is 15.4. The Kier molecular flexibility index (Phi) is 6.10. The molecule has 1 amide bonds. The van der Waals surface area contributed by atoms with Gasteiger partial charge in [0.05, 0.1) is 20.4 Å². The highest BCUT2D eigenvalue weighted by molar-refractivity contribution is 5.76. The summed E-state index contributed by atoms with van der Waals surface area (Å²) in [4.78, 5) is 16.4. The molecule has 0 radical (unpaired) electrons. The van der Waals surface area contributed by atoms with Gasteiger partial charge in [0.2, 0.25) is 5.91 Å². The van der Waals surface area contributed by atoms with Crippen LogP contribution in [0.2, 0.25) is 0 Å². The number of carbonyl (C=O) groups is 1. The maximum Gasteiger partial charge on any atom is 0.220 e. The summed E-state index contributed by atoms with van der Waals surface area (Å²) in [6, 6.07) is 15.2. The number of rotatable bonds is 8. The SMILES string of the molecule is COc1ccc(CNC(=O)CCc2ncc(-c3ccccc3)o2)c(OC)c1. The molecule has 0 saturated heterocycles. The molecule has 2 aromatic carbocycles. The molecule has 140 valence electrons. The van der Waals surface area contributed by atoms with Crippen molar-refractivity contribution in [1.29, 1.82) is 0 Å². The molecule has 0 aliphatic heterocycles. The molecule has 1 aromatic heterocycles. The fourth-order valence-electron chi connectivity index (χ4n) is 2.66. The minimum Gasteiger partial charge on any atom is -0.497 e. The van der Waals surface area contributed by atoms with Crippen LogP contribution in [0.1, 0.15) is 17.9 Å². The number of oxazole rings is 1. The number of aryl methyl sites for hydroxylation is 1. The van der Waals surface area contributed by atoms with Crippen molar-refractivity contribution < 1.29 is 18.7 Å². The van der Waals surface area contributed by atoms with Crippen LogP contribution in [-0.2, 0) is 17.8 Å². The van der Waals surface area contributed by atoms with Gasteiger partial charge in [-0.1, -0.05) is 30.3 Å². The summed E-state index contributed by atoms with van der Waals surface area (Å²) in [5.41, 5.74) is 1.85. The van der Waals surface area contributed by atoms with Crippen molar-refractivity contribution in [3.63, 3.8) is 0 Å². The van der Waals surface area contributed by atoms with E-state index in [1.165, 1.54) is 0 Å². The Morgan fingerprint density at radius 1 is 1.11 bits per heavy atom. The second-order valence-corrected chi connectivity index (χ2v) is 5.94. The molecule has 0 aliphatic rings. The molecular weight excluding hydrogens is 344 g/mol. The van der Waals surface area contributed by atoms with Crippen LogP contribution in [0, 0.1) is 0 Å². The van der Waals surface area contributed by atoms with E-state index >= 15 is 0 Å². The smallest absolute Gasteiger partial charge is 0.220 e. The van der Waals surface area contributed by atoms with Gasteiger partial charge in [-0.05, 0) is 12.1 Å². The van der Waals surface area contributed by atoms with Crippen molar-refractivity contribution in [2.24, 2.45) is 0 Å². The Labute approximate surface area is 158 Å². The lowest BCUT2D eigenvalue weighted by Gasteiger charge is -2.11. The van der Waals surface area contributed by atoms with E-state index in [9.17, 15) is 4.79 Å². The summed E-state index contributed by atoms with van der Waals surface area (Å²) in [5.74, 6) is 2.56. The first-order chi connectivity index (χ1) is 13.2. The minimum atomic E-state index is -0.0765. The van der Waals surface area contributed by atoms with Gasteiger partial charge in [0, 0.05) is 36.6 Å². The minimum absolute atomic E-state index is 0.0765. The van der Waals surface area contributed by atoms with E-state index in [4.69, 9.17) is 13.9 Å². The molecule has 3 aromatic rings. The van der Waals surface area contributed by atoms with Gasteiger partial charge in [0.1, 0.15) is 11.5 Å². The Bertz CT molecular complexity index is 890. The first-order valence-corrected chi connectivity index (χ1v) is 8.67. The number of nitrogens with zero attached hydrogens (tertiary/aromatic N) is 1. The molecule has 0 atom stereocenters. The van der Waals surface area contributed by atoms with Crippen molar-refractivity contribution in [1.82, 2.24) is 10.3 Å². The van der Waals surface area contributed by atoms with Crippen LogP contribution in [0.15, 0.2) is 59.1 Å². The number of methoxy groups -OCH3 is 2. The van der Waals surface area contributed by atoms with Gasteiger partial charge in [-0.25, -0.2) is 4.98 Å². The highest BCUT2D eigenvalue weighted by Crippen LogP contribution is 2.24. The quantitative estimate of drug-likeness (QED) is 0.659. The molecule has 1 heterocycles. The molecule has 3 rings (SSSR count). The highest BCUT2D eigenvalue weighted by Gasteiger charge is 2.10. The fourth-order valence-corrected chi connectivity index (χ4v) is 2.66. The number of amides is 1. The number of nitrogens with one attached hydrogen (secondary N) is 1. The lowest BCUT2D eigenvalue weighted by molar-refractivity contribution is -0.121. The predicted molar refractivity (Wildman–Crippen MR) is 102 cm³/mol. The van der Waals surface area contributed by atoms with E-state index in [0.29, 0.717) is 42.5 Å². The predicted octanol–water partition coefficient (Wildman–Crippen LogP) is 3.61. The molecule has 27 heavy (non-hydrogen) atoms. The summed E-state index contributed by atoms with van der Waals surface area (Å²) < 4.78 is 16.2.